The number of ether oxygens (including phenoxy) is 1. The zero-order chi connectivity index (χ0) is 11.6. The average Bonchev–Trinajstić information content (AvgIpc) is 2.22. The Hall–Kier alpha value is -0.610. The van der Waals surface area contributed by atoms with E-state index in [9.17, 15) is 9.90 Å². The minimum atomic E-state index is -0.501. The standard InChI is InChI=1S/C9H15NO3.C2H6/c1-5-7-3-10(6(2)11)4-8(12)9(7)13-5;1-2/h5,7-9,12H,3-4H2,1-2H3;1-2H3. The average molecular weight is 215 g/mol. The van der Waals surface area contributed by atoms with Crippen molar-refractivity contribution in [3.05, 3.63) is 0 Å². The van der Waals surface area contributed by atoms with Gasteiger partial charge < -0.3 is 14.7 Å². The predicted molar refractivity (Wildman–Crippen MR) is 57.4 cm³/mol. The first-order chi connectivity index (χ1) is 7.09. The van der Waals surface area contributed by atoms with Crippen molar-refractivity contribution in [2.75, 3.05) is 13.1 Å². The molecule has 2 fully saturated rings. The van der Waals surface area contributed by atoms with Gasteiger partial charge in [-0.3, -0.25) is 4.79 Å². The van der Waals surface area contributed by atoms with Crippen molar-refractivity contribution in [1.82, 2.24) is 4.90 Å². The number of likely N-dealkylation sites (tertiary alicyclic amines) is 1. The van der Waals surface area contributed by atoms with E-state index in [0.717, 1.165) is 6.54 Å². The van der Waals surface area contributed by atoms with E-state index < -0.39 is 6.10 Å². The molecule has 0 bridgehead atoms. The molecule has 2 aliphatic heterocycles. The SMILES string of the molecule is CC.CC(=O)N1CC(O)C2OC(C)C2C1. The fourth-order valence-electron chi connectivity index (χ4n) is 2.17. The number of hydrogen-bond acceptors (Lipinski definition) is 3. The van der Waals surface area contributed by atoms with Gasteiger partial charge in [0.2, 0.25) is 5.91 Å². The monoisotopic (exact) mass is 215 g/mol. The van der Waals surface area contributed by atoms with Crippen molar-refractivity contribution in [1.29, 1.82) is 0 Å². The molecule has 1 N–H and O–H groups in total. The molecule has 4 heteroatoms. The minimum absolute atomic E-state index is 0.0365. The molecule has 0 spiro atoms. The Balaban J connectivity index is 0.000000531. The van der Waals surface area contributed by atoms with Crippen LogP contribution in [0.5, 0.6) is 0 Å². The predicted octanol–water partition coefficient (Wildman–Crippen LogP) is 0.639. The molecule has 15 heavy (non-hydrogen) atoms. The Labute approximate surface area is 91.2 Å². The molecular weight excluding hydrogens is 194 g/mol. The highest BCUT2D eigenvalue weighted by Gasteiger charge is 2.48. The summed E-state index contributed by atoms with van der Waals surface area (Å²) in [5, 5.41) is 9.62. The number of rotatable bonds is 0. The maximum Gasteiger partial charge on any atom is 0.219 e. The number of hydrogen-bond donors (Lipinski definition) is 1. The molecule has 1 amide bonds. The summed E-state index contributed by atoms with van der Waals surface area (Å²) in [6.07, 6.45) is -0.355. The number of carbonyl (C=O) groups is 1. The van der Waals surface area contributed by atoms with E-state index in [4.69, 9.17) is 4.74 Å². The molecule has 2 heterocycles. The van der Waals surface area contributed by atoms with Crippen LogP contribution in [-0.4, -0.2) is 47.3 Å². The Bertz CT molecular complexity index is 232. The van der Waals surface area contributed by atoms with Gasteiger partial charge in [-0.05, 0) is 6.92 Å². The fraction of sp³-hybridized carbons (Fsp3) is 0.909. The van der Waals surface area contributed by atoms with E-state index in [1.54, 1.807) is 4.90 Å². The number of piperidine rings is 1. The van der Waals surface area contributed by atoms with Crippen LogP contribution in [0.2, 0.25) is 0 Å². The van der Waals surface area contributed by atoms with Gasteiger partial charge in [-0.1, -0.05) is 13.8 Å². The molecule has 0 aromatic rings. The number of carbonyl (C=O) groups excluding carboxylic acids is 1. The van der Waals surface area contributed by atoms with Gasteiger partial charge in [0, 0.05) is 25.9 Å². The van der Waals surface area contributed by atoms with Crippen molar-refractivity contribution < 1.29 is 14.6 Å². The lowest BCUT2D eigenvalue weighted by Crippen LogP contribution is -2.64. The van der Waals surface area contributed by atoms with Crippen LogP contribution in [0.4, 0.5) is 0 Å². The van der Waals surface area contributed by atoms with Crippen LogP contribution in [0.1, 0.15) is 27.7 Å². The number of amides is 1. The maximum atomic E-state index is 11.1. The second kappa shape index (κ2) is 4.94. The van der Waals surface area contributed by atoms with Gasteiger partial charge in [-0.15, -0.1) is 0 Å². The highest BCUT2D eigenvalue weighted by molar-refractivity contribution is 5.73. The van der Waals surface area contributed by atoms with E-state index in [2.05, 4.69) is 0 Å². The van der Waals surface area contributed by atoms with E-state index in [0.29, 0.717) is 12.5 Å². The summed E-state index contributed by atoms with van der Waals surface area (Å²) in [5.74, 6) is 0.365. The van der Waals surface area contributed by atoms with Crippen molar-refractivity contribution in [2.24, 2.45) is 5.92 Å². The molecule has 2 aliphatic rings. The Kier molecular flexibility index (Phi) is 4.11. The zero-order valence-corrected chi connectivity index (χ0v) is 9.93. The number of β-amino-alcohol motifs (C(OH)–C–C–N with tert-alkyl or cyclic N) is 1. The number of aliphatic hydroxyl groups excluding tert-OH is 1. The van der Waals surface area contributed by atoms with Gasteiger partial charge in [0.05, 0.1) is 18.3 Å². The molecule has 0 aliphatic carbocycles. The summed E-state index contributed by atoms with van der Waals surface area (Å²) >= 11 is 0. The normalized spacial score (nSPS) is 38.3. The lowest BCUT2D eigenvalue weighted by Gasteiger charge is -2.51. The molecule has 4 nitrogen and oxygen atoms in total. The smallest absolute Gasteiger partial charge is 0.219 e. The molecule has 4 atom stereocenters. The van der Waals surface area contributed by atoms with Crippen LogP contribution in [0, 0.1) is 5.92 Å². The Morgan fingerprint density at radius 1 is 1.40 bits per heavy atom. The van der Waals surface area contributed by atoms with Crippen molar-refractivity contribution >= 4 is 5.91 Å². The molecule has 0 saturated carbocycles. The molecular formula is C11H21NO3. The van der Waals surface area contributed by atoms with Crippen LogP contribution in [0.25, 0.3) is 0 Å². The summed E-state index contributed by atoms with van der Waals surface area (Å²) < 4.78 is 5.40. The van der Waals surface area contributed by atoms with E-state index in [1.165, 1.54) is 6.92 Å². The van der Waals surface area contributed by atoms with E-state index in [-0.39, 0.29) is 18.1 Å². The summed E-state index contributed by atoms with van der Waals surface area (Å²) in [4.78, 5) is 12.8. The topological polar surface area (TPSA) is 49.8 Å². The van der Waals surface area contributed by atoms with Gasteiger partial charge in [-0.2, -0.15) is 0 Å². The third-order valence-electron chi connectivity index (χ3n) is 3.06. The summed E-state index contributed by atoms with van der Waals surface area (Å²) in [6, 6.07) is 0. The van der Waals surface area contributed by atoms with Gasteiger partial charge in [0.1, 0.15) is 0 Å². The highest BCUT2D eigenvalue weighted by atomic mass is 16.5. The molecule has 88 valence electrons. The maximum absolute atomic E-state index is 11.1. The molecule has 2 rings (SSSR count). The zero-order valence-electron chi connectivity index (χ0n) is 9.93. The summed E-state index contributed by atoms with van der Waals surface area (Å²) in [6.45, 7) is 8.68. The molecule has 0 radical (unpaired) electrons. The van der Waals surface area contributed by atoms with Crippen LogP contribution in [0.15, 0.2) is 0 Å². The van der Waals surface area contributed by atoms with Crippen molar-refractivity contribution in [3.8, 4) is 0 Å². The fourth-order valence-corrected chi connectivity index (χ4v) is 2.17. The van der Waals surface area contributed by atoms with Crippen LogP contribution < -0.4 is 0 Å². The Morgan fingerprint density at radius 2 is 2.00 bits per heavy atom. The highest BCUT2D eigenvalue weighted by Crippen LogP contribution is 2.34. The number of nitrogens with zero attached hydrogens (tertiary/aromatic N) is 1. The number of fused-ring (bicyclic) bond motifs is 1. The van der Waals surface area contributed by atoms with Crippen molar-refractivity contribution in [3.63, 3.8) is 0 Å². The second-order valence-electron chi connectivity index (χ2n) is 3.96. The Morgan fingerprint density at radius 3 is 2.47 bits per heavy atom. The largest absolute Gasteiger partial charge is 0.389 e. The first-order valence-corrected chi connectivity index (χ1v) is 5.68. The lowest BCUT2D eigenvalue weighted by molar-refractivity contribution is -0.240. The molecule has 4 unspecified atom stereocenters. The third kappa shape index (κ3) is 2.32. The van der Waals surface area contributed by atoms with Gasteiger partial charge in [-0.25, -0.2) is 0 Å². The summed E-state index contributed by atoms with van der Waals surface area (Å²) in [7, 11) is 0. The van der Waals surface area contributed by atoms with Crippen molar-refractivity contribution in [2.45, 2.75) is 46.0 Å². The minimum Gasteiger partial charge on any atom is -0.389 e. The molecule has 0 aromatic heterocycles. The quantitative estimate of drug-likeness (QED) is 0.645. The second-order valence-corrected chi connectivity index (χ2v) is 3.96. The van der Waals surface area contributed by atoms with Gasteiger partial charge >= 0.3 is 0 Å². The number of aliphatic hydroxyl groups is 1. The van der Waals surface area contributed by atoms with Crippen LogP contribution in [-0.2, 0) is 9.53 Å². The van der Waals surface area contributed by atoms with Crippen LogP contribution >= 0.6 is 0 Å². The molecule has 0 aromatic carbocycles. The lowest BCUT2D eigenvalue weighted by atomic mass is 9.83. The first kappa shape index (κ1) is 12.5. The first-order valence-electron chi connectivity index (χ1n) is 5.68. The third-order valence-corrected chi connectivity index (χ3v) is 3.06. The summed E-state index contributed by atoms with van der Waals surface area (Å²) in [5.41, 5.74) is 0. The van der Waals surface area contributed by atoms with Gasteiger partial charge in [0.15, 0.2) is 0 Å². The van der Waals surface area contributed by atoms with Gasteiger partial charge in [0.25, 0.3) is 0 Å². The molecule has 2 saturated heterocycles. The van der Waals surface area contributed by atoms with Crippen LogP contribution in [0.3, 0.4) is 0 Å². The van der Waals surface area contributed by atoms with E-state index >= 15 is 0 Å². The van der Waals surface area contributed by atoms with E-state index in [1.807, 2.05) is 20.8 Å².